The lowest BCUT2D eigenvalue weighted by molar-refractivity contribution is 0.245. The molecule has 0 spiro atoms. The van der Waals surface area contributed by atoms with Gasteiger partial charge in [0.15, 0.2) is 5.82 Å². The fourth-order valence-corrected chi connectivity index (χ4v) is 3.67. The second-order valence-corrected chi connectivity index (χ2v) is 7.37. The van der Waals surface area contributed by atoms with Crippen molar-refractivity contribution in [2.45, 2.75) is 32.4 Å². The van der Waals surface area contributed by atoms with E-state index in [1.54, 1.807) is 24.3 Å². The Morgan fingerprint density at radius 3 is 2.60 bits per heavy atom. The van der Waals surface area contributed by atoms with Crippen molar-refractivity contribution in [1.82, 2.24) is 15.0 Å². The number of phenolic OH excluding ortho intramolecular Hbond substituents is 1. The summed E-state index contributed by atoms with van der Waals surface area (Å²) < 4.78 is 0. The van der Waals surface area contributed by atoms with Gasteiger partial charge in [-0.25, -0.2) is 5.06 Å². The van der Waals surface area contributed by atoms with Crippen LogP contribution in [0.3, 0.4) is 0 Å². The van der Waals surface area contributed by atoms with Crippen molar-refractivity contribution < 1.29 is 15.4 Å². The SMILES string of the molecule is CCCN(O)c1nc(-c2cccc(O)c2)nc(N2Cc3ccccc3C[C@@H]2CO)n1. The molecule has 3 N–H and O–H groups in total. The summed E-state index contributed by atoms with van der Waals surface area (Å²) in [5, 5.41) is 31.3. The first kappa shape index (κ1) is 20.1. The Balaban J connectivity index is 1.80. The summed E-state index contributed by atoms with van der Waals surface area (Å²) in [5.41, 5.74) is 2.96. The molecule has 1 atom stereocenters. The smallest absolute Gasteiger partial charge is 0.254 e. The summed E-state index contributed by atoms with van der Waals surface area (Å²) in [6, 6.07) is 14.6. The van der Waals surface area contributed by atoms with E-state index in [0.717, 1.165) is 17.0 Å². The molecule has 3 aromatic rings. The summed E-state index contributed by atoms with van der Waals surface area (Å²) in [6.45, 7) is 2.82. The molecule has 0 bridgehead atoms. The number of aliphatic hydroxyl groups excluding tert-OH is 1. The lowest BCUT2D eigenvalue weighted by atomic mass is 9.94. The minimum Gasteiger partial charge on any atom is -0.508 e. The van der Waals surface area contributed by atoms with Gasteiger partial charge in [0, 0.05) is 18.7 Å². The molecular formula is C22H25N5O3. The van der Waals surface area contributed by atoms with Crippen molar-refractivity contribution in [3.05, 3.63) is 59.7 Å². The van der Waals surface area contributed by atoms with Crippen LogP contribution in [0.5, 0.6) is 5.75 Å². The van der Waals surface area contributed by atoms with E-state index in [2.05, 4.69) is 27.1 Å². The monoisotopic (exact) mass is 407 g/mol. The third-order valence-electron chi connectivity index (χ3n) is 5.21. The Kier molecular flexibility index (Phi) is 5.78. The molecule has 8 heteroatoms. The molecule has 0 fully saturated rings. The zero-order valence-corrected chi connectivity index (χ0v) is 16.8. The molecule has 4 rings (SSSR count). The first-order chi connectivity index (χ1) is 14.6. The highest BCUT2D eigenvalue weighted by molar-refractivity contribution is 5.60. The van der Waals surface area contributed by atoms with Crippen LogP contribution in [-0.2, 0) is 13.0 Å². The van der Waals surface area contributed by atoms with Crippen LogP contribution < -0.4 is 9.96 Å². The van der Waals surface area contributed by atoms with E-state index in [4.69, 9.17) is 0 Å². The molecule has 1 aliphatic heterocycles. The highest BCUT2D eigenvalue weighted by Gasteiger charge is 2.29. The predicted molar refractivity (Wildman–Crippen MR) is 114 cm³/mol. The molecule has 0 unspecified atom stereocenters. The van der Waals surface area contributed by atoms with Crippen molar-refractivity contribution in [3.8, 4) is 17.1 Å². The number of benzene rings is 2. The molecule has 2 aromatic carbocycles. The van der Waals surface area contributed by atoms with Crippen LogP contribution in [0.2, 0.25) is 0 Å². The Bertz CT molecular complexity index is 1030. The van der Waals surface area contributed by atoms with Crippen molar-refractivity contribution in [2.24, 2.45) is 0 Å². The number of rotatable bonds is 6. The van der Waals surface area contributed by atoms with Gasteiger partial charge in [-0.3, -0.25) is 5.21 Å². The zero-order valence-electron chi connectivity index (χ0n) is 16.8. The third-order valence-corrected chi connectivity index (χ3v) is 5.21. The average molecular weight is 407 g/mol. The number of fused-ring (bicyclic) bond motifs is 1. The lowest BCUT2D eigenvalue weighted by Crippen LogP contribution is -2.44. The molecule has 30 heavy (non-hydrogen) atoms. The molecule has 0 radical (unpaired) electrons. The Labute approximate surface area is 175 Å². The number of hydrogen-bond donors (Lipinski definition) is 3. The van der Waals surface area contributed by atoms with E-state index in [1.165, 1.54) is 5.56 Å². The number of anilines is 2. The van der Waals surface area contributed by atoms with E-state index < -0.39 is 0 Å². The first-order valence-electron chi connectivity index (χ1n) is 10.0. The number of hydrogen-bond acceptors (Lipinski definition) is 8. The summed E-state index contributed by atoms with van der Waals surface area (Å²) in [4.78, 5) is 15.5. The van der Waals surface area contributed by atoms with Gasteiger partial charge in [-0.05, 0) is 36.1 Å². The lowest BCUT2D eigenvalue weighted by Gasteiger charge is -2.36. The fourth-order valence-electron chi connectivity index (χ4n) is 3.67. The molecular weight excluding hydrogens is 382 g/mol. The zero-order chi connectivity index (χ0) is 21.1. The largest absolute Gasteiger partial charge is 0.508 e. The highest BCUT2D eigenvalue weighted by atomic mass is 16.5. The molecule has 1 aliphatic rings. The molecule has 0 amide bonds. The van der Waals surface area contributed by atoms with Gasteiger partial charge >= 0.3 is 0 Å². The summed E-state index contributed by atoms with van der Waals surface area (Å²) in [7, 11) is 0. The van der Waals surface area contributed by atoms with Crippen LogP contribution in [0.15, 0.2) is 48.5 Å². The number of nitrogens with zero attached hydrogens (tertiary/aromatic N) is 5. The second kappa shape index (κ2) is 8.64. The van der Waals surface area contributed by atoms with Crippen LogP contribution >= 0.6 is 0 Å². The van der Waals surface area contributed by atoms with E-state index in [0.29, 0.717) is 36.8 Å². The van der Waals surface area contributed by atoms with Crippen LogP contribution in [0.4, 0.5) is 11.9 Å². The number of aromatic nitrogens is 3. The summed E-state index contributed by atoms with van der Waals surface area (Å²) in [6.07, 6.45) is 1.39. The molecule has 8 nitrogen and oxygen atoms in total. The standard InChI is InChI=1S/C22H25N5O3/c1-2-10-27(30)22-24-20(16-8-5-9-19(29)12-16)23-21(25-22)26-13-17-7-4-3-6-15(17)11-18(26)14-28/h3-9,12,18,28-30H,2,10-11,13-14H2,1H3/t18-/m1/s1. The predicted octanol–water partition coefficient (Wildman–Crippen LogP) is 2.77. The molecule has 0 aliphatic carbocycles. The Morgan fingerprint density at radius 2 is 1.87 bits per heavy atom. The van der Waals surface area contributed by atoms with Crippen LogP contribution in [0.1, 0.15) is 24.5 Å². The number of phenols is 1. The normalized spacial score (nSPS) is 15.7. The first-order valence-corrected chi connectivity index (χ1v) is 10.0. The molecule has 0 saturated carbocycles. The summed E-state index contributed by atoms with van der Waals surface area (Å²) in [5.74, 6) is 0.958. The van der Waals surface area contributed by atoms with E-state index >= 15 is 0 Å². The van der Waals surface area contributed by atoms with Crippen LogP contribution in [0, 0.1) is 0 Å². The third kappa shape index (κ3) is 4.05. The second-order valence-electron chi connectivity index (χ2n) is 7.37. The maximum atomic E-state index is 10.4. The summed E-state index contributed by atoms with van der Waals surface area (Å²) >= 11 is 0. The quantitative estimate of drug-likeness (QED) is 0.536. The Hall–Kier alpha value is -3.23. The minimum atomic E-state index is -0.189. The van der Waals surface area contributed by atoms with Crippen molar-refractivity contribution >= 4 is 11.9 Å². The number of hydroxylamine groups is 1. The van der Waals surface area contributed by atoms with E-state index in [9.17, 15) is 15.4 Å². The fraction of sp³-hybridized carbons (Fsp3) is 0.318. The van der Waals surface area contributed by atoms with Crippen LogP contribution in [0.25, 0.3) is 11.4 Å². The van der Waals surface area contributed by atoms with Crippen LogP contribution in [-0.4, -0.2) is 49.6 Å². The topological polar surface area (TPSA) is 106 Å². The number of aromatic hydroxyl groups is 1. The van der Waals surface area contributed by atoms with Gasteiger partial charge in [-0.2, -0.15) is 15.0 Å². The van der Waals surface area contributed by atoms with Crippen molar-refractivity contribution in [3.63, 3.8) is 0 Å². The molecule has 156 valence electrons. The van der Waals surface area contributed by atoms with Crippen molar-refractivity contribution in [1.29, 1.82) is 0 Å². The van der Waals surface area contributed by atoms with Gasteiger partial charge in [0.1, 0.15) is 5.75 Å². The van der Waals surface area contributed by atoms with E-state index in [1.807, 2.05) is 24.0 Å². The maximum absolute atomic E-state index is 10.4. The molecule has 2 heterocycles. The highest BCUT2D eigenvalue weighted by Crippen LogP contribution is 2.29. The molecule has 1 aromatic heterocycles. The number of aliphatic hydroxyl groups is 1. The van der Waals surface area contributed by atoms with Gasteiger partial charge < -0.3 is 15.1 Å². The van der Waals surface area contributed by atoms with E-state index in [-0.39, 0.29) is 24.3 Å². The van der Waals surface area contributed by atoms with Gasteiger partial charge in [-0.15, -0.1) is 0 Å². The van der Waals surface area contributed by atoms with Crippen molar-refractivity contribution in [2.75, 3.05) is 23.1 Å². The minimum absolute atomic E-state index is 0.0470. The van der Waals surface area contributed by atoms with Gasteiger partial charge in [0.2, 0.25) is 5.95 Å². The van der Waals surface area contributed by atoms with Gasteiger partial charge in [0.25, 0.3) is 5.95 Å². The van der Waals surface area contributed by atoms with Gasteiger partial charge in [-0.1, -0.05) is 43.3 Å². The van der Waals surface area contributed by atoms with Gasteiger partial charge in [0.05, 0.1) is 12.6 Å². The molecule has 0 saturated heterocycles. The average Bonchev–Trinajstić information content (AvgIpc) is 2.78. The Morgan fingerprint density at radius 1 is 1.07 bits per heavy atom. The maximum Gasteiger partial charge on any atom is 0.254 e.